The molecule has 1 saturated heterocycles. The minimum Gasteiger partial charge on any atom is -0.480 e. The summed E-state index contributed by atoms with van der Waals surface area (Å²) < 4.78 is 4.65. The number of aliphatic hydroxyl groups excluding tert-OH is 1. The highest BCUT2D eigenvalue weighted by Crippen LogP contribution is 2.20. The molecule has 1 fully saturated rings. The van der Waals surface area contributed by atoms with Crippen LogP contribution in [0.5, 0.6) is 0 Å². The molecule has 2 rings (SSSR count). The Morgan fingerprint density at radius 3 is 2.76 bits per heavy atom. The number of aryl methyl sites for hydroxylation is 1. The lowest BCUT2D eigenvalue weighted by atomic mass is 10.2. The molecule has 0 saturated carbocycles. The van der Waals surface area contributed by atoms with Crippen molar-refractivity contribution in [3.05, 3.63) is 11.7 Å². The van der Waals surface area contributed by atoms with Gasteiger partial charge in [0.25, 0.3) is 11.7 Å². The summed E-state index contributed by atoms with van der Waals surface area (Å²) >= 11 is 0. The first-order valence-electron chi connectivity index (χ1n) is 5.01. The summed E-state index contributed by atoms with van der Waals surface area (Å²) in [6.45, 7) is 1.49. The molecule has 2 unspecified atom stereocenters. The van der Waals surface area contributed by atoms with Gasteiger partial charge in [0.15, 0.2) is 0 Å². The molecular formula is C9H11N3O5. The van der Waals surface area contributed by atoms with Crippen LogP contribution in [0, 0.1) is 6.92 Å². The van der Waals surface area contributed by atoms with Crippen molar-refractivity contribution in [3.63, 3.8) is 0 Å². The lowest BCUT2D eigenvalue weighted by molar-refractivity contribution is -0.141. The van der Waals surface area contributed by atoms with E-state index >= 15 is 0 Å². The fourth-order valence-corrected chi connectivity index (χ4v) is 1.79. The predicted molar refractivity (Wildman–Crippen MR) is 52.1 cm³/mol. The second-order valence-corrected chi connectivity index (χ2v) is 3.84. The lowest BCUT2D eigenvalue weighted by Crippen LogP contribution is -2.41. The maximum Gasteiger partial charge on any atom is 0.326 e. The van der Waals surface area contributed by atoms with Crippen LogP contribution in [0.4, 0.5) is 0 Å². The van der Waals surface area contributed by atoms with Crippen LogP contribution in [0.1, 0.15) is 22.9 Å². The normalized spacial score (nSPS) is 24.0. The first-order chi connectivity index (χ1) is 7.99. The Labute approximate surface area is 95.8 Å². The lowest BCUT2D eigenvalue weighted by Gasteiger charge is -2.18. The molecule has 0 spiro atoms. The maximum atomic E-state index is 11.9. The molecule has 0 aliphatic carbocycles. The molecular weight excluding hydrogens is 230 g/mol. The summed E-state index contributed by atoms with van der Waals surface area (Å²) in [6.07, 6.45) is -0.828. The van der Waals surface area contributed by atoms with Gasteiger partial charge in [0, 0.05) is 19.9 Å². The number of hydrogen-bond donors (Lipinski definition) is 2. The van der Waals surface area contributed by atoms with Crippen LogP contribution in [0.25, 0.3) is 0 Å². The number of carboxylic acids is 1. The van der Waals surface area contributed by atoms with Crippen LogP contribution in [-0.2, 0) is 4.79 Å². The van der Waals surface area contributed by atoms with E-state index in [9.17, 15) is 14.7 Å². The van der Waals surface area contributed by atoms with Crippen LogP contribution >= 0.6 is 0 Å². The van der Waals surface area contributed by atoms with Gasteiger partial charge in [-0.25, -0.2) is 4.79 Å². The summed E-state index contributed by atoms with van der Waals surface area (Å²) in [7, 11) is 0. The predicted octanol–water partition coefficient (Wildman–Crippen LogP) is -0.962. The van der Waals surface area contributed by atoms with Crippen molar-refractivity contribution in [2.45, 2.75) is 25.5 Å². The second kappa shape index (κ2) is 4.13. The molecule has 0 bridgehead atoms. The SMILES string of the molecule is Cc1nc(C(=O)N2CC(O)CC2C(=O)O)no1. The third-order valence-electron chi connectivity index (χ3n) is 2.54. The molecule has 0 aromatic carbocycles. The minimum absolute atomic E-state index is 0.0118. The number of carboxylic acid groups (broad SMARTS) is 1. The van der Waals surface area contributed by atoms with Crippen LogP contribution in [0.2, 0.25) is 0 Å². The smallest absolute Gasteiger partial charge is 0.326 e. The van der Waals surface area contributed by atoms with E-state index in [4.69, 9.17) is 5.11 Å². The zero-order valence-corrected chi connectivity index (χ0v) is 9.03. The summed E-state index contributed by atoms with van der Waals surface area (Å²) in [5, 5.41) is 21.8. The van der Waals surface area contributed by atoms with E-state index in [0.29, 0.717) is 0 Å². The van der Waals surface area contributed by atoms with Crippen molar-refractivity contribution in [1.82, 2.24) is 15.0 Å². The van der Waals surface area contributed by atoms with Crippen molar-refractivity contribution in [2.75, 3.05) is 6.54 Å². The molecule has 8 heteroatoms. The molecule has 1 amide bonds. The maximum absolute atomic E-state index is 11.9. The minimum atomic E-state index is -1.16. The number of aliphatic carboxylic acids is 1. The van der Waals surface area contributed by atoms with E-state index in [1.807, 2.05) is 0 Å². The van der Waals surface area contributed by atoms with Gasteiger partial charge in [0.05, 0.1) is 6.10 Å². The number of hydrogen-bond acceptors (Lipinski definition) is 6. The fourth-order valence-electron chi connectivity index (χ4n) is 1.79. The Morgan fingerprint density at radius 1 is 1.53 bits per heavy atom. The molecule has 2 atom stereocenters. The number of amides is 1. The van der Waals surface area contributed by atoms with Gasteiger partial charge in [-0.1, -0.05) is 5.16 Å². The second-order valence-electron chi connectivity index (χ2n) is 3.84. The van der Waals surface area contributed by atoms with Gasteiger partial charge in [-0.15, -0.1) is 0 Å². The Hall–Kier alpha value is -1.96. The Balaban J connectivity index is 2.21. The first kappa shape index (κ1) is 11.5. The summed E-state index contributed by atoms with van der Waals surface area (Å²) in [4.78, 5) is 27.6. The van der Waals surface area contributed by atoms with Crippen LogP contribution in [0.15, 0.2) is 4.52 Å². The molecule has 1 aliphatic rings. The third-order valence-corrected chi connectivity index (χ3v) is 2.54. The molecule has 92 valence electrons. The zero-order valence-electron chi connectivity index (χ0n) is 9.03. The Kier molecular flexibility index (Phi) is 2.80. The fraction of sp³-hybridized carbons (Fsp3) is 0.556. The average Bonchev–Trinajstić information content (AvgIpc) is 2.83. The van der Waals surface area contributed by atoms with Crippen molar-refractivity contribution < 1.29 is 24.3 Å². The van der Waals surface area contributed by atoms with Crippen molar-refractivity contribution in [3.8, 4) is 0 Å². The Bertz CT molecular complexity index is 457. The molecule has 0 radical (unpaired) electrons. The quantitative estimate of drug-likeness (QED) is 0.684. The first-order valence-corrected chi connectivity index (χ1v) is 5.01. The van der Waals surface area contributed by atoms with E-state index in [-0.39, 0.29) is 24.7 Å². The van der Waals surface area contributed by atoms with E-state index in [2.05, 4.69) is 14.7 Å². The summed E-state index contributed by atoms with van der Waals surface area (Å²) in [6, 6.07) is -1.05. The molecule has 2 N–H and O–H groups in total. The molecule has 1 aromatic heterocycles. The standard InChI is InChI=1S/C9H11N3O5/c1-4-10-7(11-17-4)8(14)12-3-5(13)2-6(12)9(15)16/h5-6,13H,2-3H2,1H3,(H,15,16). The topological polar surface area (TPSA) is 117 Å². The monoisotopic (exact) mass is 241 g/mol. The van der Waals surface area contributed by atoms with Gasteiger partial charge in [-0.2, -0.15) is 4.98 Å². The van der Waals surface area contributed by atoms with Crippen molar-refractivity contribution in [2.24, 2.45) is 0 Å². The number of aromatic nitrogens is 2. The van der Waals surface area contributed by atoms with Crippen LogP contribution in [0.3, 0.4) is 0 Å². The van der Waals surface area contributed by atoms with Gasteiger partial charge in [0.2, 0.25) is 5.89 Å². The van der Waals surface area contributed by atoms with E-state index in [0.717, 1.165) is 4.90 Å². The van der Waals surface area contributed by atoms with Gasteiger partial charge in [-0.05, 0) is 0 Å². The van der Waals surface area contributed by atoms with Crippen LogP contribution < -0.4 is 0 Å². The number of carbonyl (C=O) groups excluding carboxylic acids is 1. The van der Waals surface area contributed by atoms with Crippen molar-refractivity contribution >= 4 is 11.9 Å². The highest BCUT2D eigenvalue weighted by molar-refractivity contribution is 5.93. The number of β-amino-alcohol motifs (C(OH)–C–C–N with tert-alkyl or cyclic N) is 1. The highest BCUT2D eigenvalue weighted by Gasteiger charge is 2.40. The number of aliphatic hydroxyl groups is 1. The molecule has 1 aliphatic heterocycles. The number of nitrogens with zero attached hydrogens (tertiary/aromatic N) is 3. The molecule has 8 nitrogen and oxygen atoms in total. The highest BCUT2D eigenvalue weighted by atomic mass is 16.5. The van der Waals surface area contributed by atoms with E-state index < -0.39 is 24.0 Å². The van der Waals surface area contributed by atoms with Gasteiger partial charge < -0.3 is 19.6 Å². The average molecular weight is 241 g/mol. The van der Waals surface area contributed by atoms with Crippen molar-refractivity contribution in [1.29, 1.82) is 0 Å². The zero-order chi connectivity index (χ0) is 12.6. The Morgan fingerprint density at radius 2 is 2.24 bits per heavy atom. The van der Waals surface area contributed by atoms with Gasteiger partial charge >= 0.3 is 5.97 Å². The molecule has 1 aromatic rings. The van der Waals surface area contributed by atoms with Crippen LogP contribution in [-0.4, -0.2) is 55.8 Å². The van der Waals surface area contributed by atoms with E-state index in [1.165, 1.54) is 6.92 Å². The summed E-state index contributed by atoms with van der Waals surface area (Å²) in [5.74, 6) is -1.77. The number of rotatable bonds is 2. The number of carbonyl (C=O) groups is 2. The third kappa shape index (κ3) is 2.11. The largest absolute Gasteiger partial charge is 0.480 e. The molecule has 2 heterocycles. The summed E-state index contributed by atoms with van der Waals surface area (Å²) in [5.41, 5.74) is 0. The van der Waals surface area contributed by atoms with Gasteiger partial charge in [0.1, 0.15) is 6.04 Å². The van der Waals surface area contributed by atoms with Gasteiger partial charge in [-0.3, -0.25) is 4.79 Å². The molecule has 17 heavy (non-hydrogen) atoms. The number of likely N-dealkylation sites (tertiary alicyclic amines) is 1. The van der Waals surface area contributed by atoms with E-state index in [1.54, 1.807) is 0 Å².